The lowest BCUT2D eigenvalue weighted by atomic mass is 10.0. The van der Waals surface area contributed by atoms with Crippen LogP contribution in [0, 0.1) is 10.1 Å². The minimum atomic E-state index is -0.403. The topological polar surface area (TPSA) is 82.3 Å². The number of piperazine rings is 1. The number of nitrogens with zero attached hydrogens (tertiary/aromatic N) is 5. The molecule has 0 aliphatic carbocycles. The van der Waals surface area contributed by atoms with Crippen molar-refractivity contribution in [3.05, 3.63) is 100 Å². The molecule has 1 aromatic carbocycles. The second-order valence-electron chi connectivity index (χ2n) is 8.04. The van der Waals surface area contributed by atoms with E-state index < -0.39 is 6.04 Å². The SMILES string of the molecule is C=C/C=C\C=C/CCN1CCN(CC2=CSC3=NC(c4ccccc4[N+](=O)[O-])C=CN23)C(=O)C1. The number of hydrogen-bond acceptors (Lipinski definition) is 7. The Labute approximate surface area is 203 Å². The van der Waals surface area contributed by atoms with Crippen LogP contribution in [0.3, 0.4) is 0 Å². The van der Waals surface area contributed by atoms with Crippen LogP contribution in [0.5, 0.6) is 0 Å². The molecule has 1 unspecified atom stereocenters. The average molecular weight is 478 g/mol. The lowest BCUT2D eigenvalue weighted by molar-refractivity contribution is -0.385. The van der Waals surface area contributed by atoms with Crippen molar-refractivity contribution in [2.24, 2.45) is 4.99 Å². The van der Waals surface area contributed by atoms with Gasteiger partial charge < -0.3 is 4.90 Å². The summed E-state index contributed by atoms with van der Waals surface area (Å²) in [5, 5.41) is 14.2. The zero-order valence-corrected chi connectivity index (χ0v) is 19.6. The molecular formula is C25H27N5O3S. The van der Waals surface area contributed by atoms with Gasteiger partial charge in [0.1, 0.15) is 6.04 Å². The molecule has 0 aromatic heterocycles. The average Bonchev–Trinajstić information content (AvgIpc) is 3.24. The summed E-state index contributed by atoms with van der Waals surface area (Å²) in [4.78, 5) is 34.5. The van der Waals surface area contributed by atoms with E-state index in [-0.39, 0.29) is 16.5 Å². The van der Waals surface area contributed by atoms with Crippen LogP contribution in [-0.2, 0) is 4.79 Å². The van der Waals surface area contributed by atoms with Crippen molar-refractivity contribution in [2.45, 2.75) is 12.5 Å². The number of carbonyl (C=O) groups is 1. The fourth-order valence-corrected chi connectivity index (χ4v) is 4.91. The summed E-state index contributed by atoms with van der Waals surface area (Å²) in [6.07, 6.45) is 14.3. The van der Waals surface area contributed by atoms with Gasteiger partial charge in [0.2, 0.25) is 5.91 Å². The van der Waals surface area contributed by atoms with E-state index in [0.29, 0.717) is 25.2 Å². The minimum absolute atomic E-state index is 0.0679. The van der Waals surface area contributed by atoms with Crippen molar-refractivity contribution in [1.82, 2.24) is 14.7 Å². The molecule has 1 atom stereocenters. The van der Waals surface area contributed by atoms with Crippen LogP contribution in [-0.4, -0.2) is 63.4 Å². The number of allylic oxidation sites excluding steroid dienone is 4. The molecule has 8 nitrogen and oxygen atoms in total. The summed E-state index contributed by atoms with van der Waals surface area (Å²) < 4.78 is 0. The molecule has 9 heteroatoms. The van der Waals surface area contributed by atoms with Gasteiger partial charge >= 0.3 is 0 Å². The maximum atomic E-state index is 12.7. The third-order valence-electron chi connectivity index (χ3n) is 5.79. The third-order valence-corrected chi connectivity index (χ3v) is 6.69. The van der Waals surface area contributed by atoms with Gasteiger partial charge in [-0.3, -0.25) is 24.7 Å². The Hall–Kier alpha value is -3.43. The van der Waals surface area contributed by atoms with Gasteiger partial charge in [0, 0.05) is 37.3 Å². The van der Waals surface area contributed by atoms with Crippen molar-refractivity contribution in [3.8, 4) is 0 Å². The maximum absolute atomic E-state index is 12.7. The number of amides is 1. The van der Waals surface area contributed by atoms with Crippen molar-refractivity contribution < 1.29 is 9.72 Å². The number of nitro benzene ring substituents is 1. The zero-order chi connectivity index (χ0) is 23.9. The van der Waals surface area contributed by atoms with Gasteiger partial charge in [-0.05, 0) is 18.6 Å². The number of aliphatic imine (C=N–C) groups is 1. The first-order valence-electron chi connectivity index (χ1n) is 11.2. The molecule has 1 saturated heterocycles. The molecule has 0 bridgehead atoms. The number of para-hydroxylation sites is 1. The molecule has 0 saturated carbocycles. The van der Waals surface area contributed by atoms with Crippen molar-refractivity contribution >= 4 is 28.5 Å². The van der Waals surface area contributed by atoms with Gasteiger partial charge in [0.25, 0.3) is 5.69 Å². The number of thioether (sulfide) groups is 1. The van der Waals surface area contributed by atoms with E-state index in [4.69, 9.17) is 4.99 Å². The highest BCUT2D eigenvalue weighted by atomic mass is 32.2. The molecule has 1 amide bonds. The molecule has 3 aliphatic heterocycles. The van der Waals surface area contributed by atoms with E-state index in [1.165, 1.54) is 17.8 Å². The lowest BCUT2D eigenvalue weighted by Gasteiger charge is -2.35. The number of nitro groups is 1. The summed E-state index contributed by atoms with van der Waals surface area (Å²) in [5.41, 5.74) is 1.63. The molecule has 34 heavy (non-hydrogen) atoms. The first-order chi connectivity index (χ1) is 16.6. The number of carbonyl (C=O) groups excluding carboxylic acids is 1. The van der Waals surface area contributed by atoms with Crippen LogP contribution in [0.15, 0.2) is 89.6 Å². The molecule has 176 valence electrons. The number of hydrogen-bond donors (Lipinski definition) is 0. The van der Waals surface area contributed by atoms with Gasteiger partial charge in [-0.25, -0.2) is 4.99 Å². The second kappa shape index (κ2) is 11.1. The summed E-state index contributed by atoms with van der Waals surface area (Å²) in [6, 6.07) is 6.29. The van der Waals surface area contributed by atoms with Crippen LogP contribution in [0.2, 0.25) is 0 Å². The minimum Gasteiger partial charge on any atom is -0.334 e. The second-order valence-corrected chi connectivity index (χ2v) is 8.88. The van der Waals surface area contributed by atoms with Gasteiger partial charge in [-0.1, -0.05) is 60.9 Å². The highest BCUT2D eigenvalue weighted by Gasteiger charge is 2.31. The molecular weight excluding hydrogens is 450 g/mol. The van der Waals surface area contributed by atoms with E-state index in [1.54, 1.807) is 24.3 Å². The zero-order valence-electron chi connectivity index (χ0n) is 18.8. The van der Waals surface area contributed by atoms with Gasteiger partial charge in [0.15, 0.2) is 5.17 Å². The summed E-state index contributed by atoms with van der Waals surface area (Å²) >= 11 is 1.48. The smallest absolute Gasteiger partial charge is 0.275 e. The Morgan fingerprint density at radius 1 is 1.24 bits per heavy atom. The Morgan fingerprint density at radius 2 is 2.09 bits per heavy atom. The monoisotopic (exact) mass is 477 g/mol. The molecule has 0 N–H and O–H groups in total. The number of amidine groups is 1. The largest absolute Gasteiger partial charge is 0.334 e. The van der Waals surface area contributed by atoms with E-state index in [1.807, 2.05) is 45.7 Å². The van der Waals surface area contributed by atoms with E-state index >= 15 is 0 Å². The first-order valence-corrected chi connectivity index (χ1v) is 12.0. The Balaban J connectivity index is 1.31. The first kappa shape index (κ1) is 23.7. The molecule has 4 rings (SSSR count). The van der Waals surface area contributed by atoms with E-state index in [9.17, 15) is 14.9 Å². The number of rotatable bonds is 9. The number of benzene rings is 1. The van der Waals surface area contributed by atoms with Crippen LogP contribution >= 0.6 is 11.8 Å². The predicted molar refractivity (Wildman–Crippen MR) is 136 cm³/mol. The van der Waals surface area contributed by atoms with Gasteiger partial charge in [0.05, 0.1) is 29.3 Å². The van der Waals surface area contributed by atoms with E-state index in [2.05, 4.69) is 17.6 Å². The third kappa shape index (κ3) is 5.55. The van der Waals surface area contributed by atoms with Crippen LogP contribution in [0.1, 0.15) is 18.0 Å². The van der Waals surface area contributed by atoms with Crippen LogP contribution in [0.25, 0.3) is 0 Å². The summed E-state index contributed by atoms with van der Waals surface area (Å²) in [6.45, 7) is 6.97. The van der Waals surface area contributed by atoms with Gasteiger partial charge in [-0.15, -0.1) is 0 Å². The maximum Gasteiger partial charge on any atom is 0.275 e. The highest BCUT2D eigenvalue weighted by Crippen LogP contribution is 2.37. The lowest BCUT2D eigenvalue weighted by Crippen LogP contribution is -2.51. The normalized spacial score (nSPS) is 20.7. The molecule has 1 aromatic rings. The Bertz CT molecular complexity index is 1110. The molecule has 0 radical (unpaired) electrons. The van der Waals surface area contributed by atoms with Crippen molar-refractivity contribution in [2.75, 3.05) is 32.7 Å². The Kier molecular flexibility index (Phi) is 7.76. The molecule has 0 spiro atoms. The molecule has 3 heterocycles. The van der Waals surface area contributed by atoms with Crippen LogP contribution < -0.4 is 0 Å². The van der Waals surface area contributed by atoms with Crippen molar-refractivity contribution in [1.29, 1.82) is 0 Å². The molecule has 1 fully saturated rings. The van der Waals surface area contributed by atoms with Gasteiger partial charge in [-0.2, -0.15) is 0 Å². The summed E-state index contributed by atoms with van der Waals surface area (Å²) in [7, 11) is 0. The predicted octanol–water partition coefficient (Wildman–Crippen LogP) is 4.24. The van der Waals surface area contributed by atoms with Crippen LogP contribution in [0.4, 0.5) is 5.69 Å². The fourth-order valence-electron chi connectivity index (χ4n) is 4.01. The summed E-state index contributed by atoms with van der Waals surface area (Å²) in [5.74, 6) is 0.122. The number of fused-ring (bicyclic) bond motifs is 1. The standard InChI is InChI=1S/C25H27N5O3S/c1-2-3-4-5-6-9-13-27-15-16-28(24(31)18-27)17-20-19-34-25-26-22(12-14-29(20)25)21-10-7-8-11-23(21)30(32)33/h2-8,10-12,14,19,22H,1,9,13,15-18H2/b4-3-,6-5-. The quantitative estimate of drug-likeness (QED) is 0.301. The fraction of sp³-hybridized carbons (Fsp3) is 0.280. The van der Waals surface area contributed by atoms with Crippen molar-refractivity contribution in [3.63, 3.8) is 0 Å². The Morgan fingerprint density at radius 3 is 2.88 bits per heavy atom. The van der Waals surface area contributed by atoms with E-state index in [0.717, 1.165) is 30.4 Å². The molecule has 3 aliphatic rings. The highest BCUT2D eigenvalue weighted by molar-refractivity contribution is 8.16.